The maximum Gasteiger partial charge on any atom is 0.178 e. The maximum absolute atomic E-state index is 7.86. The van der Waals surface area contributed by atoms with Gasteiger partial charge in [0.25, 0.3) is 0 Å². The third-order valence-electron chi connectivity index (χ3n) is 13.3. The van der Waals surface area contributed by atoms with E-state index in [1.807, 2.05) is 0 Å². The highest BCUT2D eigenvalue weighted by atomic mass is 16.5. The summed E-state index contributed by atoms with van der Waals surface area (Å²) in [6.07, 6.45) is 12.1. The van der Waals surface area contributed by atoms with E-state index < -0.39 is 5.60 Å². The quantitative estimate of drug-likeness (QED) is 0.185. The van der Waals surface area contributed by atoms with Crippen molar-refractivity contribution in [3.8, 4) is 16.9 Å². The minimum atomic E-state index is -0.788. The summed E-state index contributed by atoms with van der Waals surface area (Å²) in [7, 11) is 0. The third kappa shape index (κ3) is 5.34. The topological polar surface area (TPSA) is 24.9 Å². The number of morpholine rings is 1. The van der Waals surface area contributed by atoms with Gasteiger partial charge in [0.2, 0.25) is 0 Å². The lowest BCUT2D eigenvalue weighted by Gasteiger charge is -2.52. The molecule has 1 unspecified atom stereocenters. The van der Waals surface area contributed by atoms with Crippen molar-refractivity contribution >= 4 is 28.2 Å². The second-order valence-electron chi connectivity index (χ2n) is 18.4. The average molecular weight is 715 g/mol. The van der Waals surface area contributed by atoms with Crippen LogP contribution in [0.2, 0.25) is 0 Å². The average Bonchev–Trinajstić information content (AvgIpc) is 3.45. The lowest BCUT2D eigenvalue weighted by Crippen LogP contribution is -2.44. The zero-order chi connectivity index (χ0) is 36.7. The second-order valence-corrected chi connectivity index (χ2v) is 18.4. The predicted octanol–water partition coefficient (Wildman–Crippen LogP) is 11.5. The highest BCUT2D eigenvalue weighted by Crippen LogP contribution is 2.67. The molecule has 5 aromatic rings. The summed E-state index contributed by atoms with van der Waals surface area (Å²) in [5.41, 5.74) is 11.4. The molecule has 4 heteroatoms. The van der Waals surface area contributed by atoms with Crippen LogP contribution < -0.4 is 14.5 Å². The van der Waals surface area contributed by atoms with Crippen molar-refractivity contribution in [2.45, 2.75) is 77.2 Å². The molecular formula is C50H54N2O2. The van der Waals surface area contributed by atoms with Crippen LogP contribution >= 0.6 is 0 Å². The van der Waals surface area contributed by atoms with Crippen molar-refractivity contribution in [3.63, 3.8) is 0 Å². The van der Waals surface area contributed by atoms with Gasteiger partial charge in [-0.1, -0.05) is 107 Å². The van der Waals surface area contributed by atoms with Gasteiger partial charge >= 0.3 is 0 Å². The summed E-state index contributed by atoms with van der Waals surface area (Å²) in [6.45, 7) is 15.6. The molecule has 5 aromatic carbocycles. The van der Waals surface area contributed by atoms with Gasteiger partial charge in [0.1, 0.15) is 5.75 Å². The van der Waals surface area contributed by atoms with E-state index in [2.05, 4.69) is 147 Å². The van der Waals surface area contributed by atoms with Crippen LogP contribution in [-0.4, -0.2) is 39.4 Å². The monoisotopic (exact) mass is 714 g/mol. The van der Waals surface area contributed by atoms with Crippen molar-refractivity contribution in [2.75, 3.05) is 49.2 Å². The number of anilines is 2. The zero-order valence-corrected chi connectivity index (χ0v) is 32.6. The van der Waals surface area contributed by atoms with Crippen LogP contribution in [0.1, 0.15) is 94.0 Å². The molecule has 0 radical (unpaired) electrons. The molecular weight excluding hydrogens is 661 g/mol. The largest absolute Gasteiger partial charge is 0.472 e. The van der Waals surface area contributed by atoms with Crippen molar-refractivity contribution < 1.29 is 9.47 Å². The molecule has 2 saturated heterocycles. The third-order valence-corrected chi connectivity index (χ3v) is 13.3. The molecule has 0 aromatic heterocycles. The Morgan fingerprint density at radius 2 is 1.24 bits per heavy atom. The van der Waals surface area contributed by atoms with Gasteiger partial charge in [0.15, 0.2) is 5.60 Å². The highest BCUT2D eigenvalue weighted by molar-refractivity contribution is 6.09. The first-order valence-electron chi connectivity index (χ1n) is 20.5. The molecule has 5 aliphatic rings. The van der Waals surface area contributed by atoms with Gasteiger partial charge < -0.3 is 19.3 Å². The van der Waals surface area contributed by atoms with Gasteiger partial charge in [-0.15, -0.1) is 0 Å². The molecule has 1 spiro atoms. The Bertz CT molecular complexity index is 2240. The van der Waals surface area contributed by atoms with E-state index in [1.165, 1.54) is 75.6 Å². The molecule has 0 N–H and O–H groups in total. The molecule has 1 atom stereocenters. The van der Waals surface area contributed by atoms with Crippen molar-refractivity contribution in [1.82, 2.24) is 0 Å². The normalized spacial score (nSPS) is 23.5. The number of nitrogens with zero attached hydrogens (tertiary/aromatic N) is 2. The van der Waals surface area contributed by atoms with Gasteiger partial charge in [-0.05, 0) is 107 Å². The number of benzene rings is 5. The van der Waals surface area contributed by atoms with Gasteiger partial charge in [0.05, 0.1) is 13.2 Å². The van der Waals surface area contributed by atoms with E-state index in [9.17, 15) is 0 Å². The van der Waals surface area contributed by atoms with Gasteiger partial charge in [-0.3, -0.25) is 0 Å². The highest BCUT2D eigenvalue weighted by Gasteiger charge is 2.55. The molecule has 0 amide bonds. The molecule has 0 bridgehead atoms. The van der Waals surface area contributed by atoms with E-state index in [4.69, 9.17) is 9.47 Å². The van der Waals surface area contributed by atoms with Crippen molar-refractivity contribution in [2.24, 2.45) is 10.8 Å². The number of fused-ring (bicyclic) bond motifs is 10. The molecule has 3 fully saturated rings. The van der Waals surface area contributed by atoms with Gasteiger partial charge in [0, 0.05) is 65.0 Å². The minimum Gasteiger partial charge on any atom is -0.472 e. The zero-order valence-electron chi connectivity index (χ0n) is 32.6. The Hall–Kier alpha value is -4.54. The summed E-state index contributed by atoms with van der Waals surface area (Å²) in [4.78, 5) is 5.02. The standard InChI is InChI=1S/C50H54N2O2/c1-47(2)32-48(3,4)34-49(33-47)43-16-10-9-15-40(43)44-39-22-21-38(51-25-11-6-12-26-51)31-42(39)46-41(45(44)49)23-24-50(54-46,35-13-7-5-8-14-35)36-17-19-37(20-18-36)52-27-29-53-30-28-52/h5,7-10,13-24,31H,6,11-12,25-30,32-34H2,1-4H3. The van der Waals surface area contributed by atoms with Crippen LogP contribution in [0.5, 0.6) is 5.75 Å². The molecule has 2 aliphatic carbocycles. The SMILES string of the molecule is CC1(C)CC(C)(C)CC2(C1)c1ccccc1-c1c2c2c(c3cc(N4CCCCC4)ccc13)OC(c1ccccc1)(c1ccc(N3CCOCC3)cc1)C=C2. The molecule has 1 saturated carbocycles. The van der Waals surface area contributed by atoms with Crippen molar-refractivity contribution in [1.29, 1.82) is 0 Å². The maximum atomic E-state index is 7.86. The number of piperidine rings is 1. The van der Waals surface area contributed by atoms with Crippen LogP contribution in [0, 0.1) is 10.8 Å². The van der Waals surface area contributed by atoms with E-state index in [1.54, 1.807) is 0 Å². The summed E-state index contributed by atoms with van der Waals surface area (Å²) in [5.74, 6) is 1.03. The molecule has 10 rings (SSSR count). The molecule has 54 heavy (non-hydrogen) atoms. The first kappa shape index (κ1) is 34.0. The molecule has 276 valence electrons. The molecule has 4 nitrogen and oxygen atoms in total. The van der Waals surface area contributed by atoms with E-state index in [0.29, 0.717) is 0 Å². The smallest absolute Gasteiger partial charge is 0.178 e. The molecule has 3 aliphatic heterocycles. The van der Waals surface area contributed by atoms with Crippen molar-refractivity contribution in [3.05, 3.63) is 131 Å². The van der Waals surface area contributed by atoms with Crippen LogP contribution in [0.3, 0.4) is 0 Å². The van der Waals surface area contributed by atoms with Crippen LogP contribution in [0.25, 0.3) is 28.0 Å². The summed E-state index contributed by atoms with van der Waals surface area (Å²) < 4.78 is 13.5. The number of hydrogen-bond acceptors (Lipinski definition) is 4. The number of hydrogen-bond donors (Lipinski definition) is 0. The summed E-state index contributed by atoms with van der Waals surface area (Å²) in [6, 6.07) is 36.7. The predicted molar refractivity (Wildman–Crippen MR) is 224 cm³/mol. The lowest BCUT2D eigenvalue weighted by molar-refractivity contribution is 0.0642. The van der Waals surface area contributed by atoms with E-state index in [-0.39, 0.29) is 16.2 Å². The van der Waals surface area contributed by atoms with E-state index in [0.717, 1.165) is 69.1 Å². The Morgan fingerprint density at radius 1 is 0.593 bits per heavy atom. The first-order valence-corrected chi connectivity index (χ1v) is 20.5. The summed E-state index contributed by atoms with van der Waals surface area (Å²) in [5, 5.41) is 2.54. The fourth-order valence-electron chi connectivity index (χ4n) is 11.9. The lowest BCUT2D eigenvalue weighted by atomic mass is 9.52. The Morgan fingerprint density at radius 3 is 1.98 bits per heavy atom. The van der Waals surface area contributed by atoms with Crippen LogP contribution in [0.15, 0.2) is 103 Å². The molecule has 3 heterocycles. The van der Waals surface area contributed by atoms with Gasteiger partial charge in [-0.25, -0.2) is 0 Å². The number of rotatable bonds is 4. The fourth-order valence-corrected chi connectivity index (χ4v) is 11.9. The van der Waals surface area contributed by atoms with Crippen LogP contribution in [-0.2, 0) is 15.8 Å². The Kier molecular flexibility index (Phi) is 7.86. The van der Waals surface area contributed by atoms with E-state index >= 15 is 0 Å². The van der Waals surface area contributed by atoms with Crippen LogP contribution in [0.4, 0.5) is 11.4 Å². The first-order chi connectivity index (χ1) is 26.2. The Labute approximate surface area is 321 Å². The Balaban J connectivity index is 1.24. The van der Waals surface area contributed by atoms with Gasteiger partial charge in [-0.2, -0.15) is 0 Å². The number of ether oxygens (including phenoxy) is 2. The summed E-state index contributed by atoms with van der Waals surface area (Å²) >= 11 is 0. The second kappa shape index (κ2) is 12.5. The fraction of sp³-hybridized carbons (Fsp3) is 0.400. The minimum absolute atomic E-state index is 0.110.